The third-order valence-electron chi connectivity index (χ3n) is 3.04. The highest BCUT2D eigenvalue weighted by Gasteiger charge is 2.14. The fourth-order valence-corrected chi connectivity index (χ4v) is 2.05. The zero-order valence-corrected chi connectivity index (χ0v) is 9.78. The van der Waals surface area contributed by atoms with Gasteiger partial charge >= 0.3 is 5.97 Å². The van der Waals surface area contributed by atoms with Gasteiger partial charge in [-0.05, 0) is 25.7 Å². The molecule has 0 saturated heterocycles. The van der Waals surface area contributed by atoms with Crippen LogP contribution in [0.15, 0.2) is 36.8 Å². The van der Waals surface area contributed by atoms with Crippen LogP contribution in [0.2, 0.25) is 0 Å². The molecule has 1 unspecified atom stereocenters. The molecule has 1 aromatic rings. The van der Waals surface area contributed by atoms with Crippen LogP contribution in [0.3, 0.4) is 0 Å². The third kappa shape index (κ3) is 2.84. The molecule has 0 aromatic carbocycles. The molecule has 1 aliphatic rings. The lowest BCUT2D eigenvalue weighted by Gasteiger charge is -2.19. The van der Waals surface area contributed by atoms with Crippen LogP contribution < -0.4 is 0 Å². The van der Waals surface area contributed by atoms with Gasteiger partial charge in [-0.3, -0.25) is 0 Å². The van der Waals surface area contributed by atoms with E-state index in [2.05, 4.69) is 36.2 Å². The minimum atomic E-state index is -0.976. The summed E-state index contributed by atoms with van der Waals surface area (Å²) in [4.78, 5) is 14.6. The van der Waals surface area contributed by atoms with E-state index in [1.54, 1.807) is 12.5 Å². The largest absolute Gasteiger partial charge is 0.476 e. The predicted octanol–water partition coefficient (Wildman–Crippen LogP) is 2.66. The van der Waals surface area contributed by atoms with Gasteiger partial charge in [-0.15, -0.1) is 0 Å². The number of hydrogen-bond donors (Lipinski definition) is 1. The summed E-state index contributed by atoms with van der Waals surface area (Å²) in [6.45, 7) is 2.08. The highest BCUT2D eigenvalue weighted by Crippen LogP contribution is 2.23. The van der Waals surface area contributed by atoms with Gasteiger partial charge in [-0.2, -0.15) is 0 Å². The molecule has 0 saturated carbocycles. The van der Waals surface area contributed by atoms with Gasteiger partial charge < -0.3 is 9.67 Å². The minimum absolute atomic E-state index is 0.107. The molecular formula is C13H16N2O2. The summed E-state index contributed by atoms with van der Waals surface area (Å²) in [6.07, 6.45) is 13.7. The molecule has 4 nitrogen and oxygen atoms in total. The number of aromatic nitrogens is 2. The number of carboxylic acid groups (broad SMARTS) is 1. The molecule has 0 radical (unpaired) electrons. The first-order valence-corrected chi connectivity index (χ1v) is 5.77. The Labute approximate surface area is 100 Å². The Morgan fingerprint density at radius 3 is 3.06 bits per heavy atom. The Hall–Kier alpha value is -1.84. The van der Waals surface area contributed by atoms with Crippen LogP contribution >= 0.6 is 0 Å². The van der Waals surface area contributed by atoms with Crippen molar-refractivity contribution in [2.45, 2.75) is 25.8 Å². The standard InChI is InChI=1S/C13H16N2O2/c1-10(7-11-5-3-2-4-6-11)15-8-12(13(16)17)14-9-15/h2-5,8-11H,6-7H2,1H3,(H,16,17)/t10-,11?/m1/s1. The van der Waals surface area contributed by atoms with Crippen molar-refractivity contribution < 1.29 is 9.90 Å². The molecule has 17 heavy (non-hydrogen) atoms. The summed E-state index contributed by atoms with van der Waals surface area (Å²) >= 11 is 0. The van der Waals surface area contributed by atoms with E-state index in [0.717, 1.165) is 12.8 Å². The smallest absolute Gasteiger partial charge is 0.356 e. The maximum Gasteiger partial charge on any atom is 0.356 e. The molecule has 90 valence electrons. The quantitative estimate of drug-likeness (QED) is 0.868. The highest BCUT2D eigenvalue weighted by atomic mass is 16.4. The highest BCUT2D eigenvalue weighted by molar-refractivity contribution is 5.84. The fraction of sp³-hybridized carbons (Fsp3) is 0.385. The maximum atomic E-state index is 10.7. The SMILES string of the molecule is C[C@H](CC1C=CC=CC1)n1cnc(C(=O)O)c1. The van der Waals surface area contributed by atoms with Crippen LogP contribution in [0.4, 0.5) is 0 Å². The minimum Gasteiger partial charge on any atom is -0.476 e. The van der Waals surface area contributed by atoms with E-state index in [-0.39, 0.29) is 11.7 Å². The molecule has 0 aliphatic heterocycles. The molecule has 2 atom stereocenters. The Morgan fingerprint density at radius 2 is 2.47 bits per heavy atom. The molecule has 1 aromatic heterocycles. The number of imidazole rings is 1. The van der Waals surface area contributed by atoms with E-state index in [0.29, 0.717) is 5.92 Å². The van der Waals surface area contributed by atoms with Gasteiger partial charge in [0.25, 0.3) is 0 Å². The predicted molar refractivity (Wildman–Crippen MR) is 64.9 cm³/mol. The van der Waals surface area contributed by atoms with E-state index in [1.807, 2.05) is 4.57 Å². The van der Waals surface area contributed by atoms with E-state index in [1.165, 1.54) is 0 Å². The van der Waals surface area contributed by atoms with Crippen LogP contribution in [0.5, 0.6) is 0 Å². The number of nitrogens with zero attached hydrogens (tertiary/aromatic N) is 2. The zero-order chi connectivity index (χ0) is 12.3. The second-order valence-electron chi connectivity index (χ2n) is 4.40. The van der Waals surface area contributed by atoms with Crippen molar-refractivity contribution in [3.8, 4) is 0 Å². The number of hydrogen-bond acceptors (Lipinski definition) is 2. The number of aromatic carboxylic acids is 1. The number of rotatable bonds is 4. The van der Waals surface area contributed by atoms with E-state index >= 15 is 0 Å². The van der Waals surface area contributed by atoms with Gasteiger partial charge in [0.2, 0.25) is 0 Å². The average molecular weight is 232 g/mol. The second-order valence-corrected chi connectivity index (χ2v) is 4.40. The van der Waals surface area contributed by atoms with Crippen LogP contribution in [0.25, 0.3) is 0 Å². The maximum absolute atomic E-state index is 10.7. The van der Waals surface area contributed by atoms with E-state index in [9.17, 15) is 4.79 Å². The molecule has 1 N–H and O–H groups in total. The number of carboxylic acids is 1. The molecule has 1 aliphatic carbocycles. The van der Waals surface area contributed by atoms with Crippen molar-refractivity contribution >= 4 is 5.97 Å². The summed E-state index contributed by atoms with van der Waals surface area (Å²) in [5, 5.41) is 8.81. The summed E-state index contributed by atoms with van der Waals surface area (Å²) in [5.41, 5.74) is 0.107. The molecule has 0 bridgehead atoms. The van der Waals surface area contributed by atoms with Crippen molar-refractivity contribution in [3.05, 3.63) is 42.5 Å². The Kier molecular flexibility index (Phi) is 3.42. The Morgan fingerprint density at radius 1 is 1.65 bits per heavy atom. The van der Waals surface area contributed by atoms with Crippen LogP contribution in [0.1, 0.15) is 36.3 Å². The summed E-state index contributed by atoms with van der Waals surface area (Å²) < 4.78 is 1.87. The van der Waals surface area contributed by atoms with Gasteiger partial charge in [-0.25, -0.2) is 9.78 Å². The molecular weight excluding hydrogens is 216 g/mol. The normalized spacial score (nSPS) is 20.4. The van der Waals surface area contributed by atoms with Gasteiger partial charge in [-0.1, -0.05) is 24.3 Å². The van der Waals surface area contributed by atoms with Crippen molar-refractivity contribution in [3.63, 3.8) is 0 Å². The van der Waals surface area contributed by atoms with Gasteiger partial charge in [0.1, 0.15) is 0 Å². The monoisotopic (exact) mass is 232 g/mol. The molecule has 0 spiro atoms. The van der Waals surface area contributed by atoms with Gasteiger partial charge in [0.15, 0.2) is 5.69 Å². The summed E-state index contributed by atoms with van der Waals surface area (Å²) in [5.74, 6) is -0.442. The average Bonchev–Trinajstić information content (AvgIpc) is 2.79. The number of carbonyl (C=O) groups is 1. The lowest BCUT2D eigenvalue weighted by atomic mass is 9.94. The van der Waals surface area contributed by atoms with E-state index in [4.69, 9.17) is 5.11 Å². The second kappa shape index (κ2) is 4.99. The van der Waals surface area contributed by atoms with Crippen LogP contribution in [-0.2, 0) is 0 Å². The Balaban J connectivity index is 1.99. The lowest BCUT2D eigenvalue weighted by Crippen LogP contribution is -2.09. The first kappa shape index (κ1) is 11.6. The molecule has 4 heteroatoms. The zero-order valence-electron chi connectivity index (χ0n) is 9.78. The van der Waals surface area contributed by atoms with Crippen molar-refractivity contribution in [1.29, 1.82) is 0 Å². The van der Waals surface area contributed by atoms with Crippen molar-refractivity contribution in [2.75, 3.05) is 0 Å². The van der Waals surface area contributed by atoms with E-state index < -0.39 is 5.97 Å². The molecule has 1 heterocycles. The first-order chi connectivity index (χ1) is 8.16. The van der Waals surface area contributed by atoms with Gasteiger partial charge in [0.05, 0.1) is 6.33 Å². The first-order valence-electron chi connectivity index (χ1n) is 5.77. The van der Waals surface area contributed by atoms with Crippen molar-refractivity contribution in [2.24, 2.45) is 5.92 Å². The molecule has 0 fully saturated rings. The fourth-order valence-electron chi connectivity index (χ4n) is 2.05. The summed E-state index contributed by atoms with van der Waals surface area (Å²) in [7, 11) is 0. The van der Waals surface area contributed by atoms with Crippen LogP contribution in [0, 0.1) is 5.92 Å². The number of allylic oxidation sites excluding steroid dienone is 4. The molecule has 2 rings (SSSR count). The Bertz CT molecular complexity index is 460. The summed E-state index contributed by atoms with van der Waals surface area (Å²) in [6, 6.07) is 0.261. The lowest BCUT2D eigenvalue weighted by molar-refractivity contribution is 0.0691. The van der Waals surface area contributed by atoms with Crippen LogP contribution in [-0.4, -0.2) is 20.6 Å². The topological polar surface area (TPSA) is 55.1 Å². The molecule has 0 amide bonds. The third-order valence-corrected chi connectivity index (χ3v) is 3.04. The van der Waals surface area contributed by atoms with Gasteiger partial charge in [0, 0.05) is 12.2 Å². The van der Waals surface area contributed by atoms with Crippen molar-refractivity contribution in [1.82, 2.24) is 9.55 Å².